The zero-order valence-corrected chi connectivity index (χ0v) is 7.00. The maximum absolute atomic E-state index is 8.75. The Kier molecular flexibility index (Phi) is 3.87. The molecular weight excluding hydrogens is 140 g/mol. The molecule has 1 aliphatic carbocycles. The van der Waals surface area contributed by atoms with E-state index in [4.69, 9.17) is 10.2 Å². The molecule has 1 aliphatic rings. The fraction of sp³-hybridized carbons (Fsp3) is 1.00. The molecule has 0 amide bonds. The third-order valence-electron chi connectivity index (χ3n) is 2.82. The Bertz CT molecular complexity index is 91.7. The molecule has 0 aromatic carbocycles. The number of aliphatic hydroxyl groups excluding tert-OH is 2. The van der Waals surface area contributed by atoms with Gasteiger partial charge in [-0.15, -0.1) is 0 Å². The summed E-state index contributed by atoms with van der Waals surface area (Å²) in [5.74, 6) is 1.37. The van der Waals surface area contributed by atoms with Gasteiger partial charge in [-0.1, -0.05) is 19.3 Å². The Hall–Kier alpha value is -0.0800. The second-order valence-electron chi connectivity index (χ2n) is 3.48. The molecule has 0 saturated heterocycles. The fourth-order valence-corrected chi connectivity index (χ4v) is 2.21. The van der Waals surface area contributed by atoms with E-state index >= 15 is 0 Å². The van der Waals surface area contributed by atoms with Gasteiger partial charge in [-0.3, -0.25) is 0 Å². The molecule has 66 valence electrons. The van der Waals surface area contributed by atoms with E-state index in [-0.39, 0.29) is 0 Å². The fourth-order valence-electron chi connectivity index (χ4n) is 2.21. The molecule has 11 heavy (non-hydrogen) atoms. The SMILES string of the molecule is OCCC1CCCC1CCO. The van der Waals surface area contributed by atoms with Crippen molar-refractivity contribution in [1.82, 2.24) is 0 Å². The molecule has 1 rings (SSSR count). The molecule has 0 aromatic heterocycles. The van der Waals surface area contributed by atoms with E-state index in [2.05, 4.69) is 0 Å². The summed E-state index contributed by atoms with van der Waals surface area (Å²) in [5.41, 5.74) is 0. The van der Waals surface area contributed by atoms with Gasteiger partial charge in [0.25, 0.3) is 0 Å². The lowest BCUT2D eigenvalue weighted by Gasteiger charge is -2.16. The molecule has 0 heterocycles. The van der Waals surface area contributed by atoms with Crippen LogP contribution in [-0.4, -0.2) is 23.4 Å². The van der Waals surface area contributed by atoms with Crippen LogP contribution in [0, 0.1) is 11.8 Å². The molecule has 2 atom stereocenters. The van der Waals surface area contributed by atoms with Crippen molar-refractivity contribution in [2.24, 2.45) is 11.8 Å². The first-order valence-corrected chi connectivity index (χ1v) is 4.60. The minimum atomic E-state index is 0.312. The summed E-state index contributed by atoms with van der Waals surface area (Å²) in [6.45, 7) is 0.624. The van der Waals surface area contributed by atoms with Crippen LogP contribution >= 0.6 is 0 Å². The van der Waals surface area contributed by atoms with Crippen molar-refractivity contribution in [3.63, 3.8) is 0 Å². The summed E-state index contributed by atoms with van der Waals surface area (Å²) in [7, 11) is 0. The maximum atomic E-state index is 8.75. The summed E-state index contributed by atoms with van der Waals surface area (Å²) in [6, 6.07) is 0. The van der Waals surface area contributed by atoms with Crippen LogP contribution in [-0.2, 0) is 0 Å². The van der Waals surface area contributed by atoms with Crippen molar-refractivity contribution in [3.8, 4) is 0 Å². The van der Waals surface area contributed by atoms with Crippen LogP contribution in [0.5, 0.6) is 0 Å². The van der Waals surface area contributed by atoms with Gasteiger partial charge < -0.3 is 10.2 Å². The smallest absolute Gasteiger partial charge is 0.0433 e. The van der Waals surface area contributed by atoms with Crippen LogP contribution in [0.2, 0.25) is 0 Å². The predicted octanol–water partition coefficient (Wildman–Crippen LogP) is 1.17. The van der Waals surface area contributed by atoms with Crippen molar-refractivity contribution in [2.75, 3.05) is 13.2 Å². The first-order valence-electron chi connectivity index (χ1n) is 4.60. The quantitative estimate of drug-likeness (QED) is 0.644. The monoisotopic (exact) mass is 158 g/mol. The molecule has 2 heteroatoms. The molecular formula is C9H18O2. The molecule has 1 fully saturated rings. The Labute approximate surface area is 68.2 Å². The highest BCUT2D eigenvalue weighted by Gasteiger charge is 2.25. The predicted molar refractivity (Wildman–Crippen MR) is 44.2 cm³/mol. The molecule has 0 aromatic rings. The van der Waals surface area contributed by atoms with Gasteiger partial charge in [-0.2, -0.15) is 0 Å². The second-order valence-corrected chi connectivity index (χ2v) is 3.48. The molecule has 0 bridgehead atoms. The minimum Gasteiger partial charge on any atom is -0.396 e. The van der Waals surface area contributed by atoms with Crippen LogP contribution in [0.3, 0.4) is 0 Å². The molecule has 0 aliphatic heterocycles. The third-order valence-corrected chi connectivity index (χ3v) is 2.82. The van der Waals surface area contributed by atoms with Crippen LogP contribution in [0.25, 0.3) is 0 Å². The Morgan fingerprint density at radius 2 is 1.36 bits per heavy atom. The highest BCUT2D eigenvalue weighted by atomic mass is 16.3. The normalized spacial score (nSPS) is 31.1. The van der Waals surface area contributed by atoms with Gasteiger partial charge in [0.05, 0.1) is 0 Å². The number of rotatable bonds is 4. The van der Waals surface area contributed by atoms with Crippen LogP contribution in [0.4, 0.5) is 0 Å². The van der Waals surface area contributed by atoms with Gasteiger partial charge in [-0.05, 0) is 24.7 Å². The molecule has 2 unspecified atom stereocenters. The average Bonchev–Trinajstić information content (AvgIpc) is 2.39. The molecule has 2 nitrogen and oxygen atoms in total. The van der Waals surface area contributed by atoms with Gasteiger partial charge in [0, 0.05) is 13.2 Å². The zero-order chi connectivity index (χ0) is 8.10. The van der Waals surface area contributed by atoms with Crippen molar-refractivity contribution in [1.29, 1.82) is 0 Å². The van der Waals surface area contributed by atoms with Crippen LogP contribution < -0.4 is 0 Å². The highest BCUT2D eigenvalue weighted by molar-refractivity contribution is 4.76. The van der Waals surface area contributed by atoms with Gasteiger partial charge in [0.15, 0.2) is 0 Å². The van der Waals surface area contributed by atoms with E-state index in [0.717, 1.165) is 12.8 Å². The van der Waals surface area contributed by atoms with E-state index < -0.39 is 0 Å². The summed E-state index contributed by atoms with van der Waals surface area (Å²) >= 11 is 0. The Balaban J connectivity index is 2.25. The van der Waals surface area contributed by atoms with E-state index in [1.807, 2.05) is 0 Å². The summed E-state index contributed by atoms with van der Waals surface area (Å²) in [6.07, 6.45) is 5.67. The Morgan fingerprint density at radius 3 is 1.73 bits per heavy atom. The summed E-state index contributed by atoms with van der Waals surface area (Å²) < 4.78 is 0. The van der Waals surface area contributed by atoms with Gasteiger partial charge in [0.2, 0.25) is 0 Å². The molecule has 0 spiro atoms. The minimum absolute atomic E-state index is 0.312. The van der Waals surface area contributed by atoms with Gasteiger partial charge >= 0.3 is 0 Å². The lowest BCUT2D eigenvalue weighted by Crippen LogP contribution is -2.11. The lowest BCUT2D eigenvalue weighted by atomic mass is 9.91. The van der Waals surface area contributed by atoms with Crippen molar-refractivity contribution < 1.29 is 10.2 Å². The maximum Gasteiger partial charge on any atom is 0.0433 e. The van der Waals surface area contributed by atoms with E-state index in [9.17, 15) is 0 Å². The number of hydrogen-bond donors (Lipinski definition) is 2. The first-order chi connectivity index (χ1) is 5.38. The number of hydrogen-bond acceptors (Lipinski definition) is 2. The average molecular weight is 158 g/mol. The largest absolute Gasteiger partial charge is 0.396 e. The van der Waals surface area contributed by atoms with Crippen molar-refractivity contribution in [3.05, 3.63) is 0 Å². The van der Waals surface area contributed by atoms with Crippen molar-refractivity contribution in [2.45, 2.75) is 32.1 Å². The van der Waals surface area contributed by atoms with E-state index in [1.165, 1.54) is 19.3 Å². The Morgan fingerprint density at radius 1 is 0.909 bits per heavy atom. The van der Waals surface area contributed by atoms with Gasteiger partial charge in [0.1, 0.15) is 0 Å². The van der Waals surface area contributed by atoms with Crippen molar-refractivity contribution >= 4 is 0 Å². The van der Waals surface area contributed by atoms with E-state index in [0.29, 0.717) is 25.0 Å². The molecule has 1 saturated carbocycles. The third kappa shape index (κ3) is 2.46. The summed E-state index contributed by atoms with van der Waals surface area (Å²) in [4.78, 5) is 0. The standard InChI is InChI=1S/C9H18O2/c10-6-4-8-2-1-3-9(8)5-7-11/h8-11H,1-7H2. The van der Waals surface area contributed by atoms with Crippen LogP contribution in [0.15, 0.2) is 0 Å². The second kappa shape index (κ2) is 4.73. The van der Waals surface area contributed by atoms with Gasteiger partial charge in [-0.25, -0.2) is 0 Å². The summed E-state index contributed by atoms with van der Waals surface area (Å²) in [5, 5.41) is 17.5. The molecule has 2 N–H and O–H groups in total. The van der Waals surface area contributed by atoms with Crippen LogP contribution in [0.1, 0.15) is 32.1 Å². The van der Waals surface area contributed by atoms with E-state index in [1.54, 1.807) is 0 Å². The first kappa shape index (κ1) is 9.01. The highest BCUT2D eigenvalue weighted by Crippen LogP contribution is 2.35. The number of aliphatic hydroxyl groups is 2. The zero-order valence-electron chi connectivity index (χ0n) is 7.00. The molecule has 0 radical (unpaired) electrons. The topological polar surface area (TPSA) is 40.5 Å². The lowest BCUT2D eigenvalue weighted by molar-refractivity contribution is 0.200.